The first-order chi connectivity index (χ1) is 25.9. The molecule has 10 nitrogen and oxygen atoms in total. The van der Waals surface area contributed by atoms with Crippen LogP contribution in [0.3, 0.4) is 0 Å². The lowest BCUT2D eigenvalue weighted by Gasteiger charge is -2.47. The number of aryl methyl sites for hydroxylation is 2. The van der Waals surface area contributed by atoms with Gasteiger partial charge in [-0.2, -0.15) is 0 Å². The van der Waals surface area contributed by atoms with Crippen LogP contribution in [0, 0.1) is 11.8 Å². The number of ether oxygens (including phenoxy) is 4. The van der Waals surface area contributed by atoms with Gasteiger partial charge in [0.25, 0.3) is 0 Å². The van der Waals surface area contributed by atoms with Crippen molar-refractivity contribution in [2.75, 3.05) is 27.2 Å². The third-order valence-corrected chi connectivity index (χ3v) is 14.1. The van der Waals surface area contributed by atoms with Crippen LogP contribution in [0.2, 0.25) is 0 Å². The summed E-state index contributed by atoms with van der Waals surface area (Å²) in [6, 6.07) is 17.5. The maximum Gasteiger partial charge on any atom is 0.310 e. The number of nitrogens with zero attached hydrogens (tertiary/aromatic N) is 2. The van der Waals surface area contributed by atoms with E-state index in [-0.39, 0.29) is 81.9 Å². The van der Waals surface area contributed by atoms with Crippen molar-refractivity contribution in [1.82, 2.24) is 0 Å². The van der Waals surface area contributed by atoms with Crippen LogP contribution in [0.1, 0.15) is 102 Å². The van der Waals surface area contributed by atoms with Gasteiger partial charge in [-0.15, -0.1) is 0 Å². The largest absolute Gasteiger partial charge is 1.00 e. The number of esters is 4. The second-order valence-electron chi connectivity index (χ2n) is 17.5. The summed E-state index contributed by atoms with van der Waals surface area (Å²) in [7, 11) is 4.75. The average Bonchev–Trinajstić information content (AvgIpc) is 3.32. The highest BCUT2D eigenvalue weighted by molar-refractivity contribution is 5.84. The third kappa shape index (κ3) is 9.89. The van der Waals surface area contributed by atoms with E-state index in [0.717, 1.165) is 99.1 Å². The summed E-state index contributed by atoms with van der Waals surface area (Å²) in [6.45, 7) is 4.98. The van der Waals surface area contributed by atoms with Crippen LogP contribution in [0.15, 0.2) is 48.5 Å². The molecule has 0 radical (unpaired) electrons. The number of piperidine rings is 2. The molecule has 7 rings (SSSR count). The summed E-state index contributed by atoms with van der Waals surface area (Å²) in [6.07, 6.45) is 13.3. The van der Waals surface area contributed by atoms with E-state index in [0.29, 0.717) is 48.5 Å². The zero-order valence-electron chi connectivity index (χ0n) is 33.5. The van der Waals surface area contributed by atoms with E-state index in [9.17, 15) is 19.2 Å². The molecule has 2 aromatic rings. The zero-order valence-corrected chi connectivity index (χ0v) is 36.6. The predicted octanol–water partition coefficient (Wildman–Crippen LogP) is 0.503. The van der Waals surface area contributed by atoms with Gasteiger partial charge in [-0.3, -0.25) is 19.2 Å². The minimum absolute atomic E-state index is 0. The van der Waals surface area contributed by atoms with Crippen LogP contribution in [0.5, 0.6) is 11.5 Å². The molecule has 308 valence electrons. The van der Waals surface area contributed by atoms with Gasteiger partial charge in [-0.1, -0.05) is 24.3 Å². The highest BCUT2D eigenvalue weighted by atomic mass is 79.9. The van der Waals surface area contributed by atoms with Crippen molar-refractivity contribution in [1.29, 1.82) is 0 Å². The van der Waals surface area contributed by atoms with Crippen molar-refractivity contribution in [2.24, 2.45) is 11.8 Å². The SMILES string of the molecule is CC(=O)Oc1cccc(CCC[N+]2(C)[C@@H]3CC[C@H]2CC(OC(=O)C2CCC2C(=O)OC2C[C@H]4CC[C@@H](C2)[N+]4(C)CCCc2cccc(OC(C)=O)c2)C3)c1.[Br-].[Br-]. The molecule has 4 aliphatic heterocycles. The Morgan fingerprint density at radius 1 is 0.571 bits per heavy atom. The summed E-state index contributed by atoms with van der Waals surface area (Å²) >= 11 is 0. The van der Waals surface area contributed by atoms with Gasteiger partial charge in [0.2, 0.25) is 0 Å². The molecule has 0 amide bonds. The highest BCUT2D eigenvalue weighted by Crippen LogP contribution is 2.46. The Morgan fingerprint density at radius 2 is 0.929 bits per heavy atom. The van der Waals surface area contributed by atoms with Crippen molar-refractivity contribution in [3.05, 3.63) is 59.7 Å². The van der Waals surface area contributed by atoms with Crippen molar-refractivity contribution >= 4 is 23.9 Å². The molecule has 5 aliphatic rings. The van der Waals surface area contributed by atoms with Gasteiger partial charge >= 0.3 is 23.9 Å². The fourth-order valence-electron chi connectivity index (χ4n) is 11.0. The molecular weight excluding hydrogens is 844 g/mol. The molecule has 4 saturated heterocycles. The molecule has 4 bridgehead atoms. The topological polar surface area (TPSA) is 105 Å². The third-order valence-electron chi connectivity index (χ3n) is 14.1. The van der Waals surface area contributed by atoms with E-state index in [2.05, 4.69) is 26.2 Å². The number of quaternary nitrogens is 2. The number of carbonyl (C=O) groups excluding carboxylic acids is 4. The second-order valence-corrected chi connectivity index (χ2v) is 17.5. The lowest BCUT2D eigenvalue weighted by atomic mass is 9.73. The molecule has 1 aliphatic carbocycles. The normalized spacial score (nSPS) is 32.5. The van der Waals surface area contributed by atoms with E-state index in [1.165, 1.54) is 25.0 Å². The van der Waals surface area contributed by atoms with Crippen LogP contribution >= 0.6 is 0 Å². The highest BCUT2D eigenvalue weighted by Gasteiger charge is 2.55. The molecule has 4 heterocycles. The molecule has 6 unspecified atom stereocenters. The van der Waals surface area contributed by atoms with Crippen LogP contribution in [0.25, 0.3) is 0 Å². The smallest absolute Gasteiger partial charge is 0.310 e. The lowest BCUT2D eigenvalue weighted by molar-refractivity contribution is -0.949. The summed E-state index contributed by atoms with van der Waals surface area (Å²) in [4.78, 5) is 49.7. The second kappa shape index (κ2) is 18.9. The molecule has 2 aromatic carbocycles. The standard InChI is InChI=1S/C44H60N2O8.2BrH/c1-29(47)51-37-13-5-9-31(23-37)11-7-21-45(3)33-15-16-34(45)26-39(25-33)53-43(49)41-19-20-42(41)44(50)54-40-27-35-17-18-36(28-40)46(35,4)22-8-12-32-10-6-14-38(24-32)52-30(2)48;;/h5-6,9-10,13-14,23-24,33-36,39-42H,7-8,11-12,15-22,25-28H2,1-4H3;2*1H/q+2;;/p-2/t33-,34+,35-,36+,39?,40?,41?,42?,45?,46?;;. The Hall–Kier alpha value is -2.80. The van der Waals surface area contributed by atoms with Gasteiger partial charge in [0.1, 0.15) is 23.7 Å². The molecule has 1 saturated carbocycles. The fraction of sp³-hybridized carbons (Fsp3) is 0.636. The van der Waals surface area contributed by atoms with Gasteiger partial charge in [-0.25, -0.2) is 0 Å². The first kappa shape index (κ1) is 44.3. The van der Waals surface area contributed by atoms with Gasteiger partial charge in [-0.05, 0) is 61.1 Å². The van der Waals surface area contributed by atoms with Gasteiger partial charge in [0.15, 0.2) is 0 Å². The monoisotopic (exact) mass is 902 g/mol. The molecule has 0 spiro atoms. The van der Waals surface area contributed by atoms with Gasteiger partial charge < -0.3 is 61.9 Å². The number of carbonyl (C=O) groups is 4. The number of rotatable bonds is 14. The quantitative estimate of drug-likeness (QED) is 0.154. The van der Waals surface area contributed by atoms with E-state index >= 15 is 0 Å². The maximum atomic E-state index is 13.5. The van der Waals surface area contributed by atoms with E-state index in [1.807, 2.05) is 36.4 Å². The lowest BCUT2D eigenvalue weighted by Crippen LogP contribution is -3.00. The average molecular weight is 905 g/mol. The number of halogens is 2. The molecule has 10 atom stereocenters. The number of benzene rings is 2. The van der Waals surface area contributed by atoms with Crippen molar-refractivity contribution < 1.29 is 81.1 Å². The minimum atomic E-state index is -0.388. The molecular formula is C44H60Br2N2O8. The summed E-state index contributed by atoms with van der Waals surface area (Å²) in [5.41, 5.74) is 2.35. The molecule has 0 N–H and O–H groups in total. The Morgan fingerprint density at radius 3 is 1.25 bits per heavy atom. The zero-order chi connectivity index (χ0) is 38.0. The van der Waals surface area contributed by atoms with E-state index in [1.54, 1.807) is 0 Å². The predicted molar refractivity (Wildman–Crippen MR) is 202 cm³/mol. The minimum Gasteiger partial charge on any atom is -1.00 e. The first-order valence-corrected chi connectivity index (χ1v) is 20.5. The van der Waals surface area contributed by atoms with Crippen molar-refractivity contribution in [3.63, 3.8) is 0 Å². The molecule has 5 fully saturated rings. The first-order valence-electron chi connectivity index (χ1n) is 20.5. The van der Waals surface area contributed by atoms with Gasteiger partial charge in [0.05, 0.1) is 63.2 Å². The van der Waals surface area contributed by atoms with Crippen LogP contribution < -0.4 is 43.4 Å². The molecule has 56 heavy (non-hydrogen) atoms. The number of hydrogen-bond acceptors (Lipinski definition) is 8. The molecule has 0 aromatic heterocycles. The summed E-state index contributed by atoms with van der Waals surface area (Å²) in [5.74, 6) is -0.607. The van der Waals surface area contributed by atoms with Crippen molar-refractivity contribution in [3.8, 4) is 11.5 Å². The van der Waals surface area contributed by atoms with Crippen LogP contribution in [0.4, 0.5) is 0 Å². The number of fused-ring (bicyclic) bond motifs is 4. The molecule has 12 heteroatoms. The van der Waals surface area contributed by atoms with Crippen LogP contribution in [-0.4, -0.2) is 96.4 Å². The van der Waals surface area contributed by atoms with Crippen molar-refractivity contribution in [2.45, 2.75) is 140 Å². The fourth-order valence-corrected chi connectivity index (χ4v) is 11.0. The van der Waals surface area contributed by atoms with E-state index < -0.39 is 0 Å². The van der Waals surface area contributed by atoms with E-state index in [4.69, 9.17) is 18.9 Å². The Kier molecular flexibility index (Phi) is 14.9. The Bertz CT molecular complexity index is 1570. The van der Waals surface area contributed by atoms with Gasteiger partial charge in [0, 0.05) is 78.1 Å². The Labute approximate surface area is 353 Å². The number of hydrogen-bond donors (Lipinski definition) is 0. The van der Waals surface area contributed by atoms with Crippen LogP contribution in [-0.2, 0) is 41.5 Å². The summed E-state index contributed by atoms with van der Waals surface area (Å²) in [5, 5.41) is 0. The Balaban J connectivity index is 0.00000300. The summed E-state index contributed by atoms with van der Waals surface area (Å²) < 4.78 is 25.0. The maximum absolute atomic E-state index is 13.5.